The Morgan fingerprint density at radius 2 is 2.29 bits per heavy atom. The molecule has 0 saturated carbocycles. The molecule has 14 heavy (non-hydrogen) atoms. The van der Waals surface area contributed by atoms with E-state index in [-0.39, 0.29) is 6.54 Å². The molecule has 0 saturated heterocycles. The van der Waals surface area contributed by atoms with Crippen molar-refractivity contribution in [2.75, 3.05) is 11.9 Å². The maximum Gasteiger partial charge on any atom is 0.249 e. The monoisotopic (exact) mass is 256 g/mol. The van der Waals surface area contributed by atoms with Crippen molar-refractivity contribution in [1.82, 2.24) is 0 Å². The van der Waals surface area contributed by atoms with Crippen LogP contribution in [0.1, 0.15) is 5.56 Å². The molecular formula is C9H9BrN2O2. The first-order valence-electron chi connectivity index (χ1n) is 3.99. The van der Waals surface area contributed by atoms with Crippen molar-refractivity contribution < 1.29 is 4.79 Å². The second-order valence-corrected chi connectivity index (χ2v) is 3.60. The number of hydrogen-bond acceptors (Lipinski definition) is 3. The molecule has 1 amide bonds. The summed E-state index contributed by atoms with van der Waals surface area (Å²) < 4.78 is 0.911. The summed E-state index contributed by atoms with van der Waals surface area (Å²) in [7, 11) is 0. The van der Waals surface area contributed by atoms with E-state index in [9.17, 15) is 9.70 Å². The Balaban J connectivity index is 2.81. The van der Waals surface area contributed by atoms with Crippen LogP contribution in [0.25, 0.3) is 0 Å². The van der Waals surface area contributed by atoms with Crippen molar-refractivity contribution in [3.63, 3.8) is 0 Å². The van der Waals surface area contributed by atoms with Gasteiger partial charge in [-0.3, -0.25) is 4.79 Å². The third kappa shape index (κ3) is 2.63. The van der Waals surface area contributed by atoms with Crippen LogP contribution in [0.15, 0.2) is 27.8 Å². The van der Waals surface area contributed by atoms with Crippen molar-refractivity contribution in [2.24, 2.45) is 5.18 Å². The molecule has 1 aromatic rings. The fraction of sp³-hybridized carbons (Fsp3) is 0.222. The van der Waals surface area contributed by atoms with Gasteiger partial charge in [0, 0.05) is 10.2 Å². The molecule has 0 aliphatic rings. The van der Waals surface area contributed by atoms with E-state index in [1.54, 1.807) is 12.1 Å². The van der Waals surface area contributed by atoms with Gasteiger partial charge >= 0.3 is 0 Å². The maximum atomic E-state index is 11.1. The van der Waals surface area contributed by atoms with Gasteiger partial charge in [-0.15, -0.1) is 0 Å². The standard InChI is InChI=1S/C9H9BrN2O2/c1-6-7(10)3-2-4-8(6)12-9(13)5-11-14/h2-4H,5H2,1H3,(H,12,13). The summed E-state index contributed by atoms with van der Waals surface area (Å²) in [5, 5.41) is 5.10. The average molecular weight is 257 g/mol. The molecule has 0 aliphatic carbocycles. The second-order valence-electron chi connectivity index (χ2n) is 2.75. The number of nitrogens with one attached hydrogen (secondary N) is 1. The molecule has 1 aromatic carbocycles. The normalized spacial score (nSPS) is 9.57. The zero-order valence-electron chi connectivity index (χ0n) is 7.58. The van der Waals surface area contributed by atoms with Gasteiger partial charge in [-0.1, -0.05) is 27.2 Å². The Morgan fingerprint density at radius 1 is 1.57 bits per heavy atom. The number of anilines is 1. The molecule has 1 rings (SSSR count). The van der Waals surface area contributed by atoms with Crippen LogP contribution in [0.5, 0.6) is 0 Å². The number of hydrogen-bond donors (Lipinski definition) is 1. The maximum absolute atomic E-state index is 11.1. The van der Waals surface area contributed by atoms with Gasteiger partial charge in [0.05, 0.1) is 0 Å². The Hall–Kier alpha value is -1.23. The van der Waals surface area contributed by atoms with Crippen molar-refractivity contribution in [1.29, 1.82) is 0 Å². The fourth-order valence-electron chi connectivity index (χ4n) is 0.991. The van der Waals surface area contributed by atoms with Gasteiger partial charge in [0.15, 0.2) is 6.54 Å². The van der Waals surface area contributed by atoms with E-state index >= 15 is 0 Å². The SMILES string of the molecule is Cc1c(Br)cccc1NC(=O)CN=O. The average Bonchev–Trinajstić information content (AvgIpc) is 2.13. The highest BCUT2D eigenvalue weighted by molar-refractivity contribution is 9.10. The number of halogens is 1. The van der Waals surface area contributed by atoms with Gasteiger partial charge in [0.2, 0.25) is 5.91 Å². The lowest BCUT2D eigenvalue weighted by molar-refractivity contribution is -0.114. The first kappa shape index (κ1) is 10.8. The molecule has 0 heterocycles. The summed E-state index contributed by atoms with van der Waals surface area (Å²) in [6.07, 6.45) is 0. The predicted octanol–water partition coefficient (Wildman–Crippen LogP) is 2.46. The summed E-state index contributed by atoms with van der Waals surface area (Å²) in [6.45, 7) is 1.51. The lowest BCUT2D eigenvalue weighted by Crippen LogP contribution is -2.15. The van der Waals surface area contributed by atoms with Crippen molar-refractivity contribution >= 4 is 27.5 Å². The van der Waals surface area contributed by atoms with Crippen LogP contribution in [0.2, 0.25) is 0 Å². The van der Waals surface area contributed by atoms with E-state index in [4.69, 9.17) is 0 Å². The van der Waals surface area contributed by atoms with E-state index < -0.39 is 5.91 Å². The predicted molar refractivity (Wildman–Crippen MR) is 58.2 cm³/mol. The molecule has 0 atom stereocenters. The molecular weight excluding hydrogens is 248 g/mol. The number of nitrogens with zero attached hydrogens (tertiary/aromatic N) is 1. The van der Waals surface area contributed by atoms with Gasteiger partial charge in [0.1, 0.15) is 0 Å². The van der Waals surface area contributed by atoms with E-state index in [1.165, 1.54) is 0 Å². The highest BCUT2D eigenvalue weighted by atomic mass is 79.9. The summed E-state index contributed by atoms with van der Waals surface area (Å²) in [6, 6.07) is 5.45. The molecule has 5 heteroatoms. The van der Waals surface area contributed by atoms with Crippen molar-refractivity contribution in [3.8, 4) is 0 Å². The first-order chi connectivity index (χ1) is 6.65. The Bertz CT molecular complexity index is 366. The number of benzene rings is 1. The Morgan fingerprint density at radius 3 is 2.93 bits per heavy atom. The summed E-state index contributed by atoms with van der Waals surface area (Å²) in [5.74, 6) is -0.402. The van der Waals surface area contributed by atoms with Gasteiger partial charge in [-0.2, -0.15) is 4.91 Å². The summed E-state index contributed by atoms with van der Waals surface area (Å²) >= 11 is 3.34. The van der Waals surface area contributed by atoms with Crippen LogP contribution in [0.4, 0.5) is 5.69 Å². The molecule has 0 aromatic heterocycles. The number of amides is 1. The van der Waals surface area contributed by atoms with Crippen LogP contribution < -0.4 is 5.32 Å². The quantitative estimate of drug-likeness (QED) is 0.845. The topological polar surface area (TPSA) is 58.5 Å². The van der Waals surface area contributed by atoms with Crippen LogP contribution in [-0.2, 0) is 4.79 Å². The smallest absolute Gasteiger partial charge is 0.249 e. The molecule has 74 valence electrons. The number of nitroso groups, excluding NO2 is 1. The van der Waals surface area contributed by atoms with E-state index in [1.807, 2.05) is 13.0 Å². The van der Waals surface area contributed by atoms with Crippen LogP contribution in [-0.4, -0.2) is 12.5 Å². The van der Waals surface area contributed by atoms with Crippen molar-refractivity contribution in [3.05, 3.63) is 33.1 Å². The minimum atomic E-state index is -0.402. The minimum Gasteiger partial charge on any atom is -0.324 e. The van der Waals surface area contributed by atoms with Gasteiger partial charge < -0.3 is 5.32 Å². The molecule has 0 aliphatic heterocycles. The van der Waals surface area contributed by atoms with Crippen LogP contribution in [0, 0.1) is 11.8 Å². The van der Waals surface area contributed by atoms with Crippen molar-refractivity contribution in [2.45, 2.75) is 6.92 Å². The summed E-state index contributed by atoms with van der Waals surface area (Å²) in [4.78, 5) is 20.9. The van der Waals surface area contributed by atoms with E-state index in [2.05, 4.69) is 26.4 Å². The van der Waals surface area contributed by atoms with Crippen LogP contribution >= 0.6 is 15.9 Å². The van der Waals surface area contributed by atoms with Crippen LogP contribution in [0.3, 0.4) is 0 Å². The molecule has 0 unspecified atom stereocenters. The Kier molecular flexibility index (Phi) is 3.76. The molecule has 0 fully saturated rings. The van der Waals surface area contributed by atoms with E-state index in [0.717, 1.165) is 10.0 Å². The lowest BCUT2D eigenvalue weighted by atomic mass is 10.2. The Labute approximate surface area is 89.8 Å². The fourth-order valence-corrected chi connectivity index (χ4v) is 1.36. The number of rotatable bonds is 3. The minimum absolute atomic E-state index is 0.355. The highest BCUT2D eigenvalue weighted by Crippen LogP contribution is 2.23. The second kappa shape index (κ2) is 4.85. The molecule has 0 spiro atoms. The highest BCUT2D eigenvalue weighted by Gasteiger charge is 2.05. The first-order valence-corrected chi connectivity index (χ1v) is 4.78. The molecule has 0 bridgehead atoms. The van der Waals surface area contributed by atoms with Gasteiger partial charge in [0.25, 0.3) is 0 Å². The third-order valence-electron chi connectivity index (χ3n) is 1.75. The molecule has 0 radical (unpaired) electrons. The van der Waals surface area contributed by atoms with Gasteiger partial charge in [-0.05, 0) is 24.6 Å². The van der Waals surface area contributed by atoms with E-state index in [0.29, 0.717) is 5.69 Å². The van der Waals surface area contributed by atoms with Gasteiger partial charge in [-0.25, -0.2) is 0 Å². The largest absolute Gasteiger partial charge is 0.324 e. The lowest BCUT2D eigenvalue weighted by Gasteiger charge is -2.07. The zero-order chi connectivity index (χ0) is 10.6. The number of carbonyl (C=O) groups is 1. The number of carbonyl (C=O) groups excluding carboxylic acids is 1. The zero-order valence-corrected chi connectivity index (χ0v) is 9.17. The summed E-state index contributed by atoms with van der Waals surface area (Å²) in [5.41, 5.74) is 1.61. The third-order valence-corrected chi connectivity index (χ3v) is 2.61. The molecule has 4 nitrogen and oxygen atoms in total. The molecule has 1 N–H and O–H groups in total.